The van der Waals surface area contributed by atoms with Crippen LogP contribution in [0, 0.1) is 6.92 Å². The summed E-state index contributed by atoms with van der Waals surface area (Å²) in [5.74, 6) is -1.10. The van der Waals surface area contributed by atoms with Crippen LogP contribution >= 0.6 is 0 Å². The summed E-state index contributed by atoms with van der Waals surface area (Å²) in [5, 5.41) is 20.8. The third kappa shape index (κ3) is 3.64. The number of Topliss-reactive ketones (excluding diaryl/α,β-unsaturated/α-hetero) is 1. The predicted octanol–water partition coefficient (Wildman–Crippen LogP) is 4.34. The van der Waals surface area contributed by atoms with Crippen LogP contribution in [-0.2, 0) is 9.59 Å². The minimum absolute atomic E-state index is 0.0126. The van der Waals surface area contributed by atoms with Crippen molar-refractivity contribution in [1.29, 1.82) is 0 Å². The summed E-state index contributed by atoms with van der Waals surface area (Å²) in [6.07, 6.45) is 0. The topological polar surface area (TPSA) is 87.1 Å². The number of carbonyl (C=O) groups is 2. The van der Waals surface area contributed by atoms with Crippen molar-refractivity contribution in [2.24, 2.45) is 0 Å². The van der Waals surface area contributed by atoms with Gasteiger partial charge in [-0.25, -0.2) is 0 Å². The Morgan fingerprint density at radius 3 is 2.10 bits per heavy atom. The van der Waals surface area contributed by atoms with E-state index in [4.69, 9.17) is 4.74 Å². The lowest BCUT2D eigenvalue weighted by molar-refractivity contribution is -0.132. The van der Waals surface area contributed by atoms with Crippen LogP contribution in [0.1, 0.15) is 22.7 Å². The van der Waals surface area contributed by atoms with Gasteiger partial charge in [-0.3, -0.25) is 14.5 Å². The van der Waals surface area contributed by atoms with Gasteiger partial charge in [0.15, 0.2) is 0 Å². The number of carbonyl (C=O) groups excluding carboxylic acids is 2. The number of aliphatic hydroxyl groups excluding tert-OH is 1. The smallest absolute Gasteiger partial charge is 0.300 e. The first-order valence-electron chi connectivity index (χ1n) is 9.71. The summed E-state index contributed by atoms with van der Waals surface area (Å²) in [5.41, 5.74) is 2.53. The average Bonchev–Trinajstić information content (AvgIpc) is 3.05. The molecule has 31 heavy (non-hydrogen) atoms. The molecule has 0 radical (unpaired) electrons. The number of amides is 1. The third-order valence-corrected chi connectivity index (χ3v) is 5.33. The highest BCUT2D eigenvalue weighted by atomic mass is 16.5. The van der Waals surface area contributed by atoms with Crippen molar-refractivity contribution in [3.05, 3.63) is 95.1 Å². The quantitative estimate of drug-likeness (QED) is 0.376. The number of benzene rings is 3. The molecule has 6 heteroatoms. The standard InChI is InChI=1S/C25H21NO5/c1-15-3-9-18(10-4-15)26-22(16-5-11-19(27)12-6-16)21(24(29)25(26)30)23(28)17-7-13-20(31-2)14-8-17/h3-14,22,27-28H,1-2H3/b23-21+. The maximum Gasteiger partial charge on any atom is 0.300 e. The summed E-state index contributed by atoms with van der Waals surface area (Å²) in [4.78, 5) is 27.5. The Kier molecular flexibility index (Phi) is 5.21. The van der Waals surface area contributed by atoms with E-state index in [1.165, 1.54) is 24.1 Å². The predicted molar refractivity (Wildman–Crippen MR) is 117 cm³/mol. The van der Waals surface area contributed by atoms with E-state index in [1.54, 1.807) is 48.5 Å². The SMILES string of the molecule is COc1ccc(/C(O)=C2\C(=O)C(=O)N(c3ccc(C)cc3)C2c2ccc(O)cc2)cc1. The van der Waals surface area contributed by atoms with E-state index in [1.807, 2.05) is 19.1 Å². The van der Waals surface area contributed by atoms with Gasteiger partial charge in [0, 0.05) is 11.3 Å². The molecule has 1 saturated heterocycles. The molecule has 1 aliphatic heterocycles. The van der Waals surface area contributed by atoms with Gasteiger partial charge in [0.2, 0.25) is 0 Å². The molecule has 0 spiro atoms. The van der Waals surface area contributed by atoms with Gasteiger partial charge in [0.25, 0.3) is 11.7 Å². The van der Waals surface area contributed by atoms with Gasteiger partial charge in [-0.1, -0.05) is 29.8 Å². The third-order valence-electron chi connectivity index (χ3n) is 5.33. The number of hydrogen-bond donors (Lipinski definition) is 2. The van der Waals surface area contributed by atoms with E-state index in [9.17, 15) is 19.8 Å². The molecule has 0 aromatic heterocycles. The van der Waals surface area contributed by atoms with Crippen molar-refractivity contribution < 1.29 is 24.5 Å². The van der Waals surface area contributed by atoms with E-state index >= 15 is 0 Å². The van der Waals surface area contributed by atoms with E-state index in [0.29, 0.717) is 22.6 Å². The maximum atomic E-state index is 13.1. The molecule has 2 N–H and O–H groups in total. The zero-order valence-electron chi connectivity index (χ0n) is 17.1. The number of aliphatic hydroxyl groups is 1. The number of ketones is 1. The first-order chi connectivity index (χ1) is 14.9. The Morgan fingerprint density at radius 2 is 1.52 bits per heavy atom. The molecule has 0 bridgehead atoms. The van der Waals surface area contributed by atoms with Crippen molar-refractivity contribution in [1.82, 2.24) is 0 Å². The van der Waals surface area contributed by atoms with Gasteiger partial charge in [0.1, 0.15) is 17.3 Å². The fourth-order valence-corrected chi connectivity index (χ4v) is 3.68. The van der Waals surface area contributed by atoms with Crippen molar-refractivity contribution in [2.45, 2.75) is 13.0 Å². The number of rotatable bonds is 4. The summed E-state index contributed by atoms with van der Waals surface area (Å²) in [6, 6.07) is 19.2. The lowest BCUT2D eigenvalue weighted by atomic mass is 9.95. The van der Waals surface area contributed by atoms with E-state index in [0.717, 1.165) is 5.56 Å². The Morgan fingerprint density at radius 1 is 0.903 bits per heavy atom. The monoisotopic (exact) mass is 415 g/mol. The number of aromatic hydroxyl groups is 1. The van der Waals surface area contributed by atoms with Crippen LogP contribution in [0.4, 0.5) is 5.69 Å². The molecule has 1 aliphatic rings. The fraction of sp³-hybridized carbons (Fsp3) is 0.120. The minimum Gasteiger partial charge on any atom is -0.508 e. The van der Waals surface area contributed by atoms with E-state index in [-0.39, 0.29) is 17.1 Å². The van der Waals surface area contributed by atoms with Crippen LogP contribution in [0.25, 0.3) is 5.76 Å². The lowest BCUT2D eigenvalue weighted by Gasteiger charge is -2.25. The van der Waals surface area contributed by atoms with Gasteiger partial charge in [-0.2, -0.15) is 0 Å². The maximum absolute atomic E-state index is 13.1. The van der Waals surface area contributed by atoms with Crippen molar-refractivity contribution in [2.75, 3.05) is 12.0 Å². The molecule has 1 fully saturated rings. The Balaban J connectivity index is 1.91. The minimum atomic E-state index is -0.842. The number of anilines is 1. The van der Waals surface area contributed by atoms with Crippen LogP contribution in [-0.4, -0.2) is 29.0 Å². The number of aryl methyl sites for hydroxylation is 1. The van der Waals surface area contributed by atoms with Gasteiger partial charge in [-0.05, 0) is 61.0 Å². The second-order valence-corrected chi connectivity index (χ2v) is 7.32. The molecular weight excluding hydrogens is 394 g/mol. The second-order valence-electron chi connectivity index (χ2n) is 7.32. The number of methoxy groups -OCH3 is 1. The van der Waals surface area contributed by atoms with Crippen LogP contribution in [0.15, 0.2) is 78.4 Å². The summed E-state index contributed by atoms with van der Waals surface area (Å²) < 4.78 is 5.15. The molecule has 3 aromatic rings. The molecule has 4 rings (SSSR count). The molecular formula is C25H21NO5. The molecule has 0 saturated carbocycles. The van der Waals surface area contributed by atoms with E-state index in [2.05, 4.69) is 0 Å². The fourth-order valence-electron chi connectivity index (χ4n) is 3.68. The summed E-state index contributed by atoms with van der Waals surface area (Å²) in [7, 11) is 1.53. The summed E-state index contributed by atoms with van der Waals surface area (Å²) >= 11 is 0. The molecule has 156 valence electrons. The second kappa shape index (κ2) is 7.99. The van der Waals surface area contributed by atoms with Gasteiger partial charge in [-0.15, -0.1) is 0 Å². The van der Waals surface area contributed by atoms with Crippen molar-refractivity contribution >= 4 is 23.1 Å². The summed E-state index contributed by atoms with van der Waals surface area (Å²) in [6.45, 7) is 1.93. The molecule has 1 unspecified atom stereocenters. The van der Waals surface area contributed by atoms with Crippen molar-refractivity contribution in [3.63, 3.8) is 0 Å². The zero-order chi connectivity index (χ0) is 22.1. The van der Waals surface area contributed by atoms with E-state index < -0.39 is 17.7 Å². The van der Waals surface area contributed by atoms with Gasteiger partial charge < -0.3 is 14.9 Å². The molecule has 0 aliphatic carbocycles. The molecule has 1 atom stereocenters. The number of phenols is 1. The molecule has 3 aromatic carbocycles. The highest BCUT2D eigenvalue weighted by molar-refractivity contribution is 6.51. The normalized spacial score (nSPS) is 17.7. The Hall–Kier alpha value is -4.06. The number of hydrogen-bond acceptors (Lipinski definition) is 5. The van der Waals surface area contributed by atoms with Crippen molar-refractivity contribution in [3.8, 4) is 11.5 Å². The first kappa shape index (κ1) is 20.2. The molecule has 1 amide bonds. The van der Waals surface area contributed by atoms with Crippen LogP contribution in [0.3, 0.4) is 0 Å². The first-order valence-corrected chi connectivity index (χ1v) is 9.71. The number of ether oxygens (including phenoxy) is 1. The van der Waals surface area contributed by atoms with Gasteiger partial charge >= 0.3 is 0 Å². The largest absolute Gasteiger partial charge is 0.508 e. The van der Waals surface area contributed by atoms with Crippen LogP contribution in [0.2, 0.25) is 0 Å². The average molecular weight is 415 g/mol. The van der Waals surface area contributed by atoms with Gasteiger partial charge in [0.05, 0.1) is 18.7 Å². The molecule has 1 heterocycles. The number of phenolic OH excluding ortho intramolecular Hbond substituents is 1. The Bertz CT molecular complexity index is 1160. The lowest BCUT2D eigenvalue weighted by Crippen LogP contribution is -2.29. The zero-order valence-corrected chi connectivity index (χ0v) is 17.1. The highest BCUT2D eigenvalue weighted by Gasteiger charge is 2.46. The Labute approximate surface area is 179 Å². The van der Waals surface area contributed by atoms with Crippen LogP contribution < -0.4 is 9.64 Å². The highest BCUT2D eigenvalue weighted by Crippen LogP contribution is 2.42. The number of nitrogens with zero attached hydrogens (tertiary/aromatic N) is 1. The van der Waals surface area contributed by atoms with Crippen LogP contribution in [0.5, 0.6) is 11.5 Å². The molecule has 6 nitrogen and oxygen atoms in total.